The number of aryl methyl sites for hydroxylation is 2. The summed E-state index contributed by atoms with van der Waals surface area (Å²) in [5.41, 5.74) is 8.06. The average molecular weight is 252 g/mol. The molecule has 1 aromatic rings. The molecule has 18 heavy (non-hydrogen) atoms. The third kappa shape index (κ3) is 2.89. The van der Waals surface area contributed by atoms with Crippen molar-refractivity contribution in [2.45, 2.75) is 20.8 Å². The van der Waals surface area contributed by atoms with E-state index < -0.39 is 0 Å². The van der Waals surface area contributed by atoms with Crippen molar-refractivity contribution in [3.8, 4) is 0 Å². The number of aliphatic hydroxyl groups excluding tert-OH is 1. The Bertz CT molecular complexity index is 446. The lowest BCUT2D eigenvalue weighted by atomic mass is 10.1. The number of aliphatic hydroxyl groups is 1. The second-order valence-electron chi connectivity index (χ2n) is 4.07. The molecule has 4 N–H and O–H groups in total. The first-order chi connectivity index (χ1) is 8.54. The Hall–Kier alpha value is -1.82. The van der Waals surface area contributed by atoms with E-state index in [2.05, 4.69) is 10.1 Å². The van der Waals surface area contributed by atoms with Gasteiger partial charge in [0.15, 0.2) is 5.84 Å². The van der Waals surface area contributed by atoms with Gasteiger partial charge in [0, 0.05) is 18.8 Å². The van der Waals surface area contributed by atoms with Crippen LogP contribution in [0.3, 0.4) is 0 Å². The number of aromatic nitrogens is 1. The summed E-state index contributed by atoms with van der Waals surface area (Å²) in [6.07, 6.45) is 0. The van der Waals surface area contributed by atoms with Gasteiger partial charge in [0.2, 0.25) is 0 Å². The second kappa shape index (κ2) is 6.20. The van der Waals surface area contributed by atoms with Gasteiger partial charge in [0.05, 0.1) is 12.2 Å². The van der Waals surface area contributed by atoms with Crippen LogP contribution < -0.4 is 10.6 Å². The molecule has 0 aliphatic carbocycles. The van der Waals surface area contributed by atoms with Gasteiger partial charge in [-0.2, -0.15) is 0 Å². The molecule has 0 bridgehead atoms. The van der Waals surface area contributed by atoms with Crippen molar-refractivity contribution in [1.82, 2.24) is 4.98 Å². The lowest BCUT2D eigenvalue weighted by molar-refractivity contribution is 0.302. The zero-order valence-electron chi connectivity index (χ0n) is 11.0. The third-order valence-electron chi connectivity index (χ3n) is 2.74. The predicted molar refractivity (Wildman–Crippen MR) is 71.2 cm³/mol. The minimum absolute atomic E-state index is 0.0259. The number of anilines is 1. The van der Waals surface area contributed by atoms with E-state index in [1.165, 1.54) is 0 Å². The molecule has 0 aromatic carbocycles. The molecular weight excluding hydrogens is 232 g/mol. The number of nitrogens with zero attached hydrogens (tertiary/aromatic N) is 3. The summed E-state index contributed by atoms with van der Waals surface area (Å²) in [6, 6.07) is 1.88. The summed E-state index contributed by atoms with van der Waals surface area (Å²) in [7, 11) is 0. The second-order valence-corrected chi connectivity index (χ2v) is 4.07. The summed E-state index contributed by atoms with van der Waals surface area (Å²) < 4.78 is 0. The highest BCUT2D eigenvalue weighted by Gasteiger charge is 2.17. The molecule has 0 saturated carbocycles. The quantitative estimate of drug-likeness (QED) is 0.309. The van der Waals surface area contributed by atoms with Crippen LogP contribution in [0.5, 0.6) is 0 Å². The van der Waals surface area contributed by atoms with Gasteiger partial charge in [0.1, 0.15) is 5.82 Å². The number of hydrogen-bond acceptors (Lipinski definition) is 5. The lowest BCUT2D eigenvalue weighted by Gasteiger charge is -2.24. The van der Waals surface area contributed by atoms with E-state index in [-0.39, 0.29) is 12.4 Å². The molecule has 0 aliphatic rings. The molecule has 1 aromatic heterocycles. The van der Waals surface area contributed by atoms with E-state index in [1.54, 1.807) is 0 Å². The summed E-state index contributed by atoms with van der Waals surface area (Å²) in [5.74, 6) is 0.672. The first-order valence-corrected chi connectivity index (χ1v) is 5.87. The Labute approximate surface area is 107 Å². The van der Waals surface area contributed by atoms with E-state index in [0.29, 0.717) is 24.5 Å². The molecule has 1 rings (SSSR count). The number of rotatable bonds is 5. The van der Waals surface area contributed by atoms with Crippen LogP contribution in [0.1, 0.15) is 23.7 Å². The summed E-state index contributed by atoms with van der Waals surface area (Å²) in [4.78, 5) is 6.33. The van der Waals surface area contributed by atoms with Crippen LogP contribution in [-0.2, 0) is 0 Å². The van der Waals surface area contributed by atoms with Crippen molar-refractivity contribution < 1.29 is 10.3 Å². The Balaban J connectivity index is 3.39. The van der Waals surface area contributed by atoms with Crippen LogP contribution in [-0.4, -0.2) is 40.8 Å². The van der Waals surface area contributed by atoms with Crippen LogP contribution in [0.25, 0.3) is 0 Å². The monoisotopic (exact) mass is 252 g/mol. The molecular formula is C12H20N4O2. The molecule has 0 atom stereocenters. The number of oxime groups is 1. The van der Waals surface area contributed by atoms with E-state index in [0.717, 1.165) is 11.3 Å². The fourth-order valence-corrected chi connectivity index (χ4v) is 1.95. The van der Waals surface area contributed by atoms with E-state index in [4.69, 9.17) is 16.0 Å². The molecule has 0 unspecified atom stereocenters. The number of nitrogens with two attached hydrogens (primary N) is 1. The normalized spacial score (nSPS) is 11.7. The molecule has 0 aliphatic heterocycles. The minimum Gasteiger partial charge on any atom is -0.409 e. The molecule has 0 spiro atoms. The van der Waals surface area contributed by atoms with Crippen LogP contribution in [0.15, 0.2) is 11.2 Å². The van der Waals surface area contributed by atoms with Gasteiger partial charge in [-0.3, -0.25) is 0 Å². The largest absolute Gasteiger partial charge is 0.409 e. The summed E-state index contributed by atoms with van der Waals surface area (Å²) in [5, 5.41) is 21.0. The van der Waals surface area contributed by atoms with Crippen molar-refractivity contribution in [2.75, 3.05) is 24.6 Å². The van der Waals surface area contributed by atoms with E-state index >= 15 is 0 Å². The molecule has 1 heterocycles. The lowest BCUT2D eigenvalue weighted by Crippen LogP contribution is -2.31. The Morgan fingerprint density at radius 3 is 2.67 bits per heavy atom. The van der Waals surface area contributed by atoms with Crippen molar-refractivity contribution in [2.24, 2.45) is 10.9 Å². The van der Waals surface area contributed by atoms with E-state index in [9.17, 15) is 0 Å². The van der Waals surface area contributed by atoms with Gasteiger partial charge in [-0.15, -0.1) is 0 Å². The van der Waals surface area contributed by atoms with Gasteiger partial charge < -0.3 is 20.9 Å². The maximum absolute atomic E-state index is 9.07. The molecule has 6 heteroatoms. The van der Waals surface area contributed by atoms with Crippen molar-refractivity contribution in [3.05, 3.63) is 22.9 Å². The van der Waals surface area contributed by atoms with Crippen molar-refractivity contribution >= 4 is 11.7 Å². The smallest absolute Gasteiger partial charge is 0.174 e. The zero-order valence-corrected chi connectivity index (χ0v) is 11.0. The molecule has 0 radical (unpaired) electrons. The first kappa shape index (κ1) is 14.2. The van der Waals surface area contributed by atoms with Crippen LogP contribution in [0, 0.1) is 13.8 Å². The Kier molecular flexibility index (Phi) is 4.91. The first-order valence-electron chi connectivity index (χ1n) is 5.87. The predicted octanol–water partition coefficient (Wildman–Crippen LogP) is 0.612. The number of hydrogen-bond donors (Lipinski definition) is 3. The maximum atomic E-state index is 9.07. The summed E-state index contributed by atoms with van der Waals surface area (Å²) >= 11 is 0. The molecule has 100 valence electrons. The topological polar surface area (TPSA) is 95.0 Å². The van der Waals surface area contributed by atoms with Crippen molar-refractivity contribution in [3.63, 3.8) is 0 Å². The van der Waals surface area contributed by atoms with Crippen LogP contribution in [0.2, 0.25) is 0 Å². The van der Waals surface area contributed by atoms with Gasteiger partial charge in [-0.1, -0.05) is 5.16 Å². The van der Waals surface area contributed by atoms with Gasteiger partial charge in [-0.05, 0) is 32.4 Å². The highest BCUT2D eigenvalue weighted by molar-refractivity contribution is 6.02. The molecule has 0 fully saturated rings. The van der Waals surface area contributed by atoms with Crippen LogP contribution in [0.4, 0.5) is 5.82 Å². The average Bonchev–Trinajstić information content (AvgIpc) is 2.34. The maximum Gasteiger partial charge on any atom is 0.174 e. The minimum atomic E-state index is 0.0259. The molecule has 0 saturated heterocycles. The standard InChI is InChI=1S/C12H20N4O2/c1-4-16(5-6-17)12-10(11(13)15-18)8(2)7-9(3)14-12/h7,17-18H,4-6H2,1-3H3,(H2,13,15). The highest BCUT2D eigenvalue weighted by atomic mass is 16.4. The van der Waals surface area contributed by atoms with Gasteiger partial charge in [-0.25, -0.2) is 4.98 Å². The third-order valence-corrected chi connectivity index (χ3v) is 2.74. The van der Waals surface area contributed by atoms with Crippen LogP contribution >= 0.6 is 0 Å². The summed E-state index contributed by atoms with van der Waals surface area (Å²) in [6.45, 7) is 6.90. The van der Waals surface area contributed by atoms with Crippen molar-refractivity contribution in [1.29, 1.82) is 0 Å². The number of likely N-dealkylation sites (N-methyl/N-ethyl adjacent to an activating group) is 1. The fraction of sp³-hybridized carbons (Fsp3) is 0.500. The Morgan fingerprint density at radius 2 is 2.17 bits per heavy atom. The van der Waals surface area contributed by atoms with Gasteiger partial charge in [0.25, 0.3) is 0 Å². The van der Waals surface area contributed by atoms with Gasteiger partial charge >= 0.3 is 0 Å². The number of pyridine rings is 1. The highest BCUT2D eigenvalue weighted by Crippen LogP contribution is 2.22. The molecule has 0 amide bonds. The van der Waals surface area contributed by atoms with E-state index in [1.807, 2.05) is 31.7 Å². The zero-order chi connectivity index (χ0) is 13.7. The number of amidine groups is 1. The SMILES string of the molecule is CCN(CCO)c1nc(C)cc(C)c1/C(N)=N/O. The fourth-order valence-electron chi connectivity index (χ4n) is 1.95. The molecule has 6 nitrogen and oxygen atoms in total. The Morgan fingerprint density at radius 1 is 1.50 bits per heavy atom.